The van der Waals surface area contributed by atoms with E-state index >= 15 is 0 Å². The minimum atomic E-state index is -0.844. The largest absolute Gasteiger partial charge is 0.388 e. The summed E-state index contributed by atoms with van der Waals surface area (Å²) in [6.45, 7) is 10.3. The zero-order valence-corrected chi connectivity index (χ0v) is 13.4. The number of hydrogen-bond donors (Lipinski definition) is 2. The number of aryl methyl sites for hydroxylation is 2. The van der Waals surface area contributed by atoms with Crippen molar-refractivity contribution in [3.8, 4) is 0 Å². The van der Waals surface area contributed by atoms with E-state index in [1.165, 1.54) is 21.8 Å². The van der Waals surface area contributed by atoms with Crippen LogP contribution in [0.2, 0.25) is 0 Å². The van der Waals surface area contributed by atoms with Gasteiger partial charge in [0.1, 0.15) is 0 Å². The van der Waals surface area contributed by atoms with Crippen LogP contribution < -0.4 is 5.32 Å². The number of carbonyl (C=O) groups is 1. The van der Waals surface area contributed by atoms with Crippen LogP contribution in [0.5, 0.6) is 0 Å². The molecule has 0 saturated carbocycles. The normalized spacial score (nSPS) is 14.5. The second-order valence-corrected chi connectivity index (χ2v) is 6.98. The first-order valence-corrected chi connectivity index (χ1v) is 7.66. The molecule has 0 aromatic carbocycles. The third kappa shape index (κ3) is 4.96. The van der Waals surface area contributed by atoms with Gasteiger partial charge in [-0.05, 0) is 44.2 Å². The molecular weight excluding hydrogens is 258 g/mol. The average molecular weight is 283 g/mol. The molecule has 0 aliphatic rings. The van der Waals surface area contributed by atoms with E-state index in [0.29, 0.717) is 18.9 Å². The first-order chi connectivity index (χ1) is 8.75. The van der Waals surface area contributed by atoms with Crippen LogP contribution in [0.15, 0.2) is 6.07 Å². The number of carbonyl (C=O) groups excluding carboxylic acids is 1. The Bertz CT molecular complexity index is 435. The second-order valence-electron chi connectivity index (χ2n) is 5.85. The Morgan fingerprint density at radius 2 is 2.16 bits per heavy atom. The van der Waals surface area contributed by atoms with Crippen molar-refractivity contribution in [1.29, 1.82) is 0 Å². The molecule has 0 saturated heterocycles. The Labute approximate surface area is 120 Å². The molecule has 0 spiro atoms. The van der Waals surface area contributed by atoms with Gasteiger partial charge in [0.25, 0.3) is 5.91 Å². The summed E-state index contributed by atoms with van der Waals surface area (Å²) in [6, 6.07) is 1.93. The Kier molecular flexibility index (Phi) is 5.56. The number of thiophene rings is 1. The lowest BCUT2D eigenvalue weighted by molar-refractivity contribution is 0.0369. The number of hydrogen-bond acceptors (Lipinski definition) is 3. The predicted molar refractivity (Wildman–Crippen MR) is 80.8 cm³/mol. The molecule has 19 heavy (non-hydrogen) atoms. The summed E-state index contributed by atoms with van der Waals surface area (Å²) in [5, 5.41) is 13.0. The second kappa shape index (κ2) is 6.53. The summed E-state index contributed by atoms with van der Waals surface area (Å²) in [6.07, 6.45) is 1.63. The minimum absolute atomic E-state index is 0.0863. The zero-order chi connectivity index (χ0) is 14.6. The SMILES string of the molecule is CCc1sc(C(=O)NCC(C)(O)CC(C)C)cc1C. The van der Waals surface area contributed by atoms with E-state index in [-0.39, 0.29) is 5.91 Å². The van der Waals surface area contributed by atoms with Crippen molar-refractivity contribution >= 4 is 17.2 Å². The Morgan fingerprint density at radius 1 is 1.53 bits per heavy atom. The van der Waals surface area contributed by atoms with Gasteiger partial charge >= 0.3 is 0 Å². The summed E-state index contributed by atoms with van der Waals surface area (Å²) in [7, 11) is 0. The lowest BCUT2D eigenvalue weighted by Crippen LogP contribution is -2.41. The standard InChI is InChI=1S/C15H25NO2S/c1-6-12-11(4)7-13(19-12)14(17)16-9-15(5,18)8-10(2)3/h7,10,18H,6,8-9H2,1-5H3,(H,16,17). The van der Waals surface area contributed by atoms with Crippen LogP contribution in [-0.2, 0) is 6.42 Å². The van der Waals surface area contributed by atoms with Crippen molar-refractivity contribution in [2.45, 2.75) is 53.1 Å². The fourth-order valence-corrected chi connectivity index (χ4v) is 3.32. The summed E-state index contributed by atoms with van der Waals surface area (Å²) in [5.41, 5.74) is 0.329. The van der Waals surface area contributed by atoms with Crippen LogP contribution in [0.25, 0.3) is 0 Å². The molecule has 1 aromatic rings. The van der Waals surface area contributed by atoms with Crippen LogP contribution in [0, 0.1) is 12.8 Å². The highest BCUT2D eigenvalue weighted by molar-refractivity contribution is 7.14. The summed E-state index contributed by atoms with van der Waals surface area (Å²) >= 11 is 1.54. The molecule has 0 bridgehead atoms. The van der Waals surface area contributed by atoms with E-state index in [9.17, 15) is 9.90 Å². The molecule has 4 heteroatoms. The zero-order valence-electron chi connectivity index (χ0n) is 12.5. The Hall–Kier alpha value is -0.870. The predicted octanol–water partition coefficient (Wildman–Crippen LogP) is 3.15. The van der Waals surface area contributed by atoms with Crippen molar-refractivity contribution in [3.05, 3.63) is 21.4 Å². The topological polar surface area (TPSA) is 49.3 Å². The van der Waals surface area contributed by atoms with Gasteiger partial charge in [0.2, 0.25) is 0 Å². The molecule has 0 fully saturated rings. The molecule has 108 valence electrons. The first kappa shape index (κ1) is 16.2. The maximum Gasteiger partial charge on any atom is 0.261 e. The number of aliphatic hydroxyl groups is 1. The quantitative estimate of drug-likeness (QED) is 0.842. The van der Waals surface area contributed by atoms with E-state index in [1.807, 2.05) is 13.0 Å². The maximum atomic E-state index is 12.0. The molecule has 1 rings (SSSR count). The van der Waals surface area contributed by atoms with Gasteiger partial charge < -0.3 is 10.4 Å². The monoisotopic (exact) mass is 283 g/mol. The van der Waals surface area contributed by atoms with Gasteiger partial charge in [-0.1, -0.05) is 20.8 Å². The van der Waals surface area contributed by atoms with Crippen LogP contribution in [-0.4, -0.2) is 23.2 Å². The molecule has 1 aromatic heterocycles. The molecule has 0 aliphatic carbocycles. The third-order valence-corrected chi connectivity index (χ3v) is 4.42. The fourth-order valence-electron chi connectivity index (χ4n) is 2.29. The van der Waals surface area contributed by atoms with E-state index in [1.54, 1.807) is 6.92 Å². The van der Waals surface area contributed by atoms with Crippen LogP contribution >= 0.6 is 11.3 Å². The molecule has 3 nitrogen and oxygen atoms in total. The summed E-state index contributed by atoms with van der Waals surface area (Å²) in [4.78, 5) is 14.0. The van der Waals surface area contributed by atoms with Crippen molar-refractivity contribution in [2.75, 3.05) is 6.54 Å². The Morgan fingerprint density at radius 3 is 2.63 bits per heavy atom. The number of amides is 1. The third-order valence-electron chi connectivity index (χ3n) is 3.04. The molecule has 0 aliphatic heterocycles. The highest BCUT2D eigenvalue weighted by Crippen LogP contribution is 2.22. The molecule has 0 radical (unpaired) electrons. The fraction of sp³-hybridized carbons (Fsp3) is 0.667. The number of nitrogens with one attached hydrogen (secondary N) is 1. The summed E-state index contributed by atoms with van der Waals surface area (Å²) < 4.78 is 0. The van der Waals surface area contributed by atoms with E-state index in [4.69, 9.17) is 0 Å². The van der Waals surface area contributed by atoms with E-state index in [0.717, 1.165) is 11.3 Å². The lowest BCUT2D eigenvalue weighted by Gasteiger charge is -2.25. The molecule has 1 heterocycles. The van der Waals surface area contributed by atoms with Gasteiger partial charge in [-0.15, -0.1) is 11.3 Å². The van der Waals surface area contributed by atoms with Gasteiger partial charge in [0, 0.05) is 11.4 Å². The van der Waals surface area contributed by atoms with Gasteiger partial charge in [0.15, 0.2) is 0 Å². The van der Waals surface area contributed by atoms with Crippen LogP contribution in [0.1, 0.15) is 54.2 Å². The van der Waals surface area contributed by atoms with Crippen molar-refractivity contribution in [2.24, 2.45) is 5.92 Å². The molecular formula is C15H25NO2S. The molecule has 1 atom stereocenters. The smallest absolute Gasteiger partial charge is 0.261 e. The summed E-state index contributed by atoms with van der Waals surface area (Å²) in [5.74, 6) is 0.319. The first-order valence-electron chi connectivity index (χ1n) is 6.85. The maximum absolute atomic E-state index is 12.0. The highest BCUT2D eigenvalue weighted by Gasteiger charge is 2.23. The van der Waals surface area contributed by atoms with Gasteiger partial charge in [-0.2, -0.15) is 0 Å². The highest BCUT2D eigenvalue weighted by atomic mass is 32.1. The van der Waals surface area contributed by atoms with Crippen molar-refractivity contribution < 1.29 is 9.90 Å². The lowest BCUT2D eigenvalue weighted by atomic mass is 9.94. The molecule has 2 N–H and O–H groups in total. The van der Waals surface area contributed by atoms with E-state index < -0.39 is 5.60 Å². The Balaban J connectivity index is 2.60. The van der Waals surface area contributed by atoms with Crippen LogP contribution in [0.4, 0.5) is 0 Å². The molecule has 1 amide bonds. The average Bonchev–Trinajstić information content (AvgIpc) is 2.66. The minimum Gasteiger partial charge on any atom is -0.388 e. The molecule has 1 unspecified atom stereocenters. The number of rotatable bonds is 6. The van der Waals surface area contributed by atoms with E-state index in [2.05, 4.69) is 26.1 Å². The van der Waals surface area contributed by atoms with Gasteiger partial charge in [-0.3, -0.25) is 4.79 Å². The van der Waals surface area contributed by atoms with Gasteiger partial charge in [-0.25, -0.2) is 0 Å². The van der Waals surface area contributed by atoms with Crippen LogP contribution in [0.3, 0.4) is 0 Å². The van der Waals surface area contributed by atoms with Crippen molar-refractivity contribution in [1.82, 2.24) is 5.32 Å². The van der Waals surface area contributed by atoms with Gasteiger partial charge in [0.05, 0.1) is 10.5 Å². The van der Waals surface area contributed by atoms with Crippen molar-refractivity contribution in [3.63, 3.8) is 0 Å².